The van der Waals surface area contributed by atoms with Crippen LogP contribution in [0.5, 0.6) is 0 Å². The highest BCUT2D eigenvalue weighted by Crippen LogP contribution is 2.42. The van der Waals surface area contributed by atoms with Gasteiger partial charge in [-0.25, -0.2) is 4.79 Å². The molecule has 0 aromatic heterocycles. The van der Waals surface area contributed by atoms with E-state index < -0.39 is 5.60 Å². The van der Waals surface area contributed by atoms with Gasteiger partial charge in [-0.15, -0.1) is 0 Å². The molecule has 0 unspecified atom stereocenters. The fourth-order valence-corrected chi connectivity index (χ4v) is 3.32. The van der Waals surface area contributed by atoms with Gasteiger partial charge in [-0.1, -0.05) is 0 Å². The van der Waals surface area contributed by atoms with E-state index in [0.29, 0.717) is 0 Å². The lowest BCUT2D eigenvalue weighted by atomic mass is 9.85. The minimum atomic E-state index is -0.420. The van der Waals surface area contributed by atoms with Crippen LogP contribution in [0.1, 0.15) is 59.3 Å². The topological polar surface area (TPSA) is 55.6 Å². The monoisotopic (exact) mass is 254 g/mol. The predicted octanol–water partition coefficient (Wildman–Crippen LogP) is 2.66. The molecule has 0 radical (unpaired) electrons. The van der Waals surface area contributed by atoms with Crippen molar-refractivity contribution in [2.75, 3.05) is 6.54 Å². The van der Waals surface area contributed by atoms with E-state index in [0.717, 1.165) is 38.6 Å². The Morgan fingerprint density at radius 2 is 2.06 bits per heavy atom. The van der Waals surface area contributed by atoms with Crippen LogP contribution in [0.25, 0.3) is 0 Å². The summed E-state index contributed by atoms with van der Waals surface area (Å²) in [7, 11) is 0. The maximum atomic E-state index is 12.3. The molecule has 2 atom stereocenters. The van der Waals surface area contributed by atoms with Crippen molar-refractivity contribution < 1.29 is 9.53 Å². The molecule has 1 heterocycles. The molecule has 1 saturated carbocycles. The molecule has 1 aliphatic heterocycles. The van der Waals surface area contributed by atoms with Crippen LogP contribution < -0.4 is 5.73 Å². The number of hydrogen-bond donors (Lipinski definition) is 1. The Labute approximate surface area is 110 Å². The molecule has 0 aromatic carbocycles. The molecule has 1 spiro atoms. The van der Waals surface area contributed by atoms with Crippen molar-refractivity contribution in [3.05, 3.63) is 0 Å². The van der Waals surface area contributed by atoms with Gasteiger partial charge in [-0.2, -0.15) is 0 Å². The summed E-state index contributed by atoms with van der Waals surface area (Å²) in [4.78, 5) is 14.3. The number of ether oxygens (including phenoxy) is 1. The van der Waals surface area contributed by atoms with Crippen molar-refractivity contribution in [2.24, 2.45) is 5.73 Å². The van der Waals surface area contributed by atoms with Crippen molar-refractivity contribution in [2.45, 2.75) is 76.5 Å². The number of carbonyl (C=O) groups is 1. The largest absolute Gasteiger partial charge is 0.444 e. The minimum absolute atomic E-state index is 0.0139. The highest BCUT2D eigenvalue weighted by atomic mass is 16.6. The number of hydrogen-bond acceptors (Lipinski definition) is 3. The molecular formula is C14H26N2O2. The zero-order valence-electron chi connectivity index (χ0n) is 11.9. The van der Waals surface area contributed by atoms with E-state index in [4.69, 9.17) is 10.5 Å². The van der Waals surface area contributed by atoms with Gasteiger partial charge in [0, 0.05) is 18.1 Å². The third-order valence-electron chi connectivity index (χ3n) is 4.08. The van der Waals surface area contributed by atoms with Gasteiger partial charge in [0.1, 0.15) is 5.60 Å². The zero-order valence-corrected chi connectivity index (χ0v) is 11.9. The van der Waals surface area contributed by atoms with Crippen LogP contribution >= 0.6 is 0 Å². The first kappa shape index (κ1) is 13.7. The minimum Gasteiger partial charge on any atom is -0.444 e. The van der Waals surface area contributed by atoms with Crippen LogP contribution in [0.2, 0.25) is 0 Å². The summed E-state index contributed by atoms with van der Waals surface area (Å²) in [5.41, 5.74) is 5.62. The Morgan fingerprint density at radius 3 is 2.61 bits per heavy atom. The third-order valence-corrected chi connectivity index (χ3v) is 4.08. The SMILES string of the molecule is CC(C)(C)OC(=O)N1CCCC[C@]12CC[C@@H](N)C2. The van der Waals surface area contributed by atoms with Gasteiger partial charge in [-0.3, -0.25) is 0 Å². The molecule has 0 aromatic rings. The first-order valence-electron chi connectivity index (χ1n) is 7.09. The second kappa shape index (κ2) is 4.72. The van der Waals surface area contributed by atoms with Crippen LogP contribution in [0.15, 0.2) is 0 Å². The van der Waals surface area contributed by atoms with Gasteiger partial charge in [0.15, 0.2) is 0 Å². The smallest absolute Gasteiger partial charge is 0.410 e. The maximum Gasteiger partial charge on any atom is 0.410 e. The Bertz CT molecular complexity index is 320. The first-order valence-corrected chi connectivity index (χ1v) is 7.09. The van der Waals surface area contributed by atoms with E-state index in [1.807, 2.05) is 25.7 Å². The fraction of sp³-hybridized carbons (Fsp3) is 0.929. The normalized spacial score (nSPS) is 32.9. The molecule has 1 amide bonds. The van der Waals surface area contributed by atoms with Crippen LogP contribution in [0, 0.1) is 0 Å². The standard InChI is InChI=1S/C14H26N2O2/c1-13(2,3)18-12(17)16-9-5-4-7-14(16)8-6-11(15)10-14/h11H,4-10,15H2,1-3H3/t11-,14-/m1/s1. The van der Waals surface area contributed by atoms with Gasteiger partial charge in [0.2, 0.25) is 0 Å². The second-order valence-corrected chi connectivity index (χ2v) is 6.82. The lowest BCUT2D eigenvalue weighted by molar-refractivity contribution is -0.0145. The fourth-order valence-electron chi connectivity index (χ4n) is 3.32. The average molecular weight is 254 g/mol. The molecule has 4 heteroatoms. The molecule has 1 saturated heterocycles. The van der Waals surface area contributed by atoms with Crippen LogP contribution in [-0.2, 0) is 4.74 Å². The molecule has 104 valence electrons. The zero-order chi connectivity index (χ0) is 13.4. The van der Waals surface area contributed by atoms with Gasteiger partial charge < -0.3 is 15.4 Å². The summed E-state index contributed by atoms with van der Waals surface area (Å²) in [6.07, 6.45) is 6.21. The Morgan fingerprint density at radius 1 is 1.33 bits per heavy atom. The maximum absolute atomic E-state index is 12.3. The van der Waals surface area contributed by atoms with Gasteiger partial charge in [0.25, 0.3) is 0 Å². The lowest BCUT2D eigenvalue weighted by Gasteiger charge is -2.45. The molecule has 4 nitrogen and oxygen atoms in total. The number of nitrogens with zero attached hydrogens (tertiary/aromatic N) is 1. The molecule has 2 N–H and O–H groups in total. The number of piperidine rings is 1. The number of rotatable bonds is 0. The summed E-state index contributed by atoms with van der Waals surface area (Å²) in [6.45, 7) is 6.58. The van der Waals surface area contributed by atoms with E-state index in [-0.39, 0.29) is 17.7 Å². The number of likely N-dealkylation sites (tertiary alicyclic amines) is 1. The first-order chi connectivity index (χ1) is 8.32. The Hall–Kier alpha value is -0.770. The predicted molar refractivity (Wildman–Crippen MR) is 71.3 cm³/mol. The molecule has 2 aliphatic rings. The highest BCUT2D eigenvalue weighted by molar-refractivity contribution is 5.69. The van der Waals surface area contributed by atoms with Gasteiger partial charge in [0.05, 0.1) is 0 Å². The van der Waals surface area contributed by atoms with Crippen molar-refractivity contribution in [3.8, 4) is 0 Å². The molecule has 2 rings (SSSR count). The molecule has 2 fully saturated rings. The summed E-state index contributed by atoms with van der Waals surface area (Å²) < 4.78 is 5.55. The van der Waals surface area contributed by atoms with Crippen LogP contribution in [0.4, 0.5) is 4.79 Å². The van der Waals surface area contributed by atoms with Gasteiger partial charge in [-0.05, 0) is 59.3 Å². The third kappa shape index (κ3) is 2.79. The van der Waals surface area contributed by atoms with Crippen molar-refractivity contribution >= 4 is 6.09 Å². The molecular weight excluding hydrogens is 228 g/mol. The molecule has 0 bridgehead atoms. The summed E-state index contributed by atoms with van der Waals surface area (Å²) in [6, 6.07) is 0.244. The Kier molecular flexibility index (Phi) is 3.58. The Balaban J connectivity index is 2.11. The summed E-state index contributed by atoms with van der Waals surface area (Å²) in [5, 5.41) is 0. The van der Waals surface area contributed by atoms with Crippen molar-refractivity contribution in [1.82, 2.24) is 4.90 Å². The van der Waals surface area contributed by atoms with Crippen molar-refractivity contribution in [3.63, 3.8) is 0 Å². The molecule has 1 aliphatic carbocycles. The molecule has 18 heavy (non-hydrogen) atoms. The van der Waals surface area contributed by atoms with E-state index in [2.05, 4.69) is 0 Å². The van der Waals surface area contributed by atoms with E-state index in [9.17, 15) is 4.79 Å². The average Bonchev–Trinajstić information content (AvgIpc) is 2.58. The number of amides is 1. The number of nitrogens with two attached hydrogens (primary N) is 1. The van der Waals surface area contributed by atoms with Crippen molar-refractivity contribution in [1.29, 1.82) is 0 Å². The van der Waals surface area contributed by atoms with E-state index in [1.165, 1.54) is 6.42 Å². The van der Waals surface area contributed by atoms with Crippen LogP contribution in [0.3, 0.4) is 0 Å². The summed E-state index contributed by atoms with van der Waals surface area (Å²) >= 11 is 0. The summed E-state index contributed by atoms with van der Waals surface area (Å²) in [5.74, 6) is 0. The quantitative estimate of drug-likeness (QED) is 0.723. The highest BCUT2D eigenvalue weighted by Gasteiger charge is 2.47. The van der Waals surface area contributed by atoms with Crippen LogP contribution in [-0.4, -0.2) is 34.7 Å². The van der Waals surface area contributed by atoms with E-state index >= 15 is 0 Å². The second-order valence-electron chi connectivity index (χ2n) is 6.82. The lowest BCUT2D eigenvalue weighted by Crippen LogP contribution is -2.54. The van der Waals surface area contributed by atoms with Gasteiger partial charge >= 0.3 is 6.09 Å². The van der Waals surface area contributed by atoms with E-state index in [1.54, 1.807) is 0 Å². The number of carbonyl (C=O) groups excluding carboxylic acids is 1.